The van der Waals surface area contributed by atoms with Crippen LogP contribution in [0.1, 0.15) is 5.56 Å². The van der Waals surface area contributed by atoms with Gasteiger partial charge in [0.2, 0.25) is 5.91 Å². The number of para-hydroxylation sites is 1. The van der Waals surface area contributed by atoms with E-state index in [0.717, 1.165) is 5.56 Å². The van der Waals surface area contributed by atoms with Crippen LogP contribution >= 0.6 is 0 Å². The van der Waals surface area contributed by atoms with E-state index in [4.69, 9.17) is 5.73 Å². The lowest BCUT2D eigenvalue weighted by Crippen LogP contribution is -2.61. The van der Waals surface area contributed by atoms with Crippen molar-refractivity contribution in [3.63, 3.8) is 0 Å². The molecule has 0 aliphatic carbocycles. The largest absolute Gasteiger partial charge is 0.318 e. The van der Waals surface area contributed by atoms with E-state index in [0.29, 0.717) is 12.2 Å². The highest BCUT2D eigenvalue weighted by atomic mass is 19.1. The van der Waals surface area contributed by atoms with E-state index >= 15 is 0 Å². The maximum atomic E-state index is 13.4. The van der Waals surface area contributed by atoms with Crippen LogP contribution in [0, 0.1) is 12.7 Å². The van der Waals surface area contributed by atoms with E-state index in [1.807, 2.05) is 0 Å². The van der Waals surface area contributed by atoms with Crippen LogP contribution in [0.5, 0.6) is 0 Å². The molecular weight excluding hydrogens is 183 g/mol. The summed E-state index contributed by atoms with van der Waals surface area (Å²) < 4.78 is 13.4. The van der Waals surface area contributed by atoms with E-state index in [1.165, 1.54) is 11.0 Å². The molecule has 0 bridgehead atoms. The number of aryl methyl sites for hydroxylation is 1. The Kier molecular flexibility index (Phi) is 2.00. The number of halogens is 1. The number of β-lactam (4-membered cyclic amide) rings is 1. The molecule has 14 heavy (non-hydrogen) atoms. The van der Waals surface area contributed by atoms with Crippen molar-refractivity contribution in [2.45, 2.75) is 13.0 Å². The minimum atomic E-state index is -0.464. The van der Waals surface area contributed by atoms with Crippen molar-refractivity contribution in [2.75, 3.05) is 11.4 Å². The van der Waals surface area contributed by atoms with Crippen molar-refractivity contribution >= 4 is 11.6 Å². The molecule has 1 atom stereocenters. The standard InChI is InChI=1S/C10H11FN2O/c1-6-3-2-4-7(11)9(6)13-5-8(12)10(13)14/h2-4,8H,5,12H2,1H3. The number of hydrogen-bond acceptors (Lipinski definition) is 2. The number of nitrogens with zero attached hydrogens (tertiary/aromatic N) is 1. The minimum absolute atomic E-state index is 0.210. The molecule has 0 spiro atoms. The molecule has 1 fully saturated rings. The Bertz CT molecular complexity index is 371. The van der Waals surface area contributed by atoms with E-state index in [1.54, 1.807) is 19.1 Å². The highest BCUT2D eigenvalue weighted by Gasteiger charge is 2.36. The first-order valence-electron chi connectivity index (χ1n) is 4.43. The van der Waals surface area contributed by atoms with E-state index < -0.39 is 6.04 Å². The molecule has 1 amide bonds. The molecule has 2 rings (SSSR count). The van der Waals surface area contributed by atoms with Gasteiger partial charge in [-0.3, -0.25) is 4.79 Å². The van der Waals surface area contributed by atoms with E-state index in [-0.39, 0.29) is 11.7 Å². The smallest absolute Gasteiger partial charge is 0.245 e. The van der Waals surface area contributed by atoms with Crippen molar-refractivity contribution in [1.29, 1.82) is 0 Å². The zero-order valence-electron chi connectivity index (χ0n) is 7.83. The Labute approximate surface area is 81.3 Å². The third-order valence-corrected chi connectivity index (χ3v) is 2.42. The molecule has 74 valence electrons. The molecule has 1 heterocycles. The first kappa shape index (κ1) is 9.15. The summed E-state index contributed by atoms with van der Waals surface area (Å²) in [6.45, 7) is 2.18. The molecule has 0 saturated carbocycles. The molecule has 2 N–H and O–H groups in total. The van der Waals surface area contributed by atoms with Crippen LogP contribution in [0.3, 0.4) is 0 Å². The van der Waals surface area contributed by atoms with Crippen LogP contribution in [0.2, 0.25) is 0 Å². The first-order valence-corrected chi connectivity index (χ1v) is 4.43. The number of rotatable bonds is 1. The number of carbonyl (C=O) groups excluding carboxylic acids is 1. The van der Waals surface area contributed by atoms with Gasteiger partial charge in [0.25, 0.3) is 0 Å². The normalized spacial score (nSPS) is 20.9. The van der Waals surface area contributed by atoms with Crippen LogP contribution in [0.15, 0.2) is 18.2 Å². The summed E-state index contributed by atoms with van der Waals surface area (Å²) in [4.78, 5) is 12.7. The lowest BCUT2D eigenvalue weighted by molar-refractivity contribution is -0.123. The lowest BCUT2D eigenvalue weighted by atomic mass is 10.0. The number of hydrogen-bond donors (Lipinski definition) is 1. The van der Waals surface area contributed by atoms with Gasteiger partial charge in [0, 0.05) is 0 Å². The Morgan fingerprint density at radius 2 is 2.29 bits per heavy atom. The monoisotopic (exact) mass is 194 g/mol. The van der Waals surface area contributed by atoms with Gasteiger partial charge < -0.3 is 10.6 Å². The fourth-order valence-corrected chi connectivity index (χ4v) is 1.62. The topological polar surface area (TPSA) is 46.3 Å². The SMILES string of the molecule is Cc1cccc(F)c1N1CC(N)C1=O. The average Bonchev–Trinajstić information content (AvgIpc) is 2.16. The fourth-order valence-electron chi connectivity index (χ4n) is 1.62. The zero-order chi connectivity index (χ0) is 10.3. The van der Waals surface area contributed by atoms with Crippen LogP contribution < -0.4 is 10.6 Å². The van der Waals surface area contributed by atoms with E-state index in [2.05, 4.69) is 0 Å². The summed E-state index contributed by atoms with van der Waals surface area (Å²) >= 11 is 0. The maximum absolute atomic E-state index is 13.4. The van der Waals surface area contributed by atoms with Crippen molar-refractivity contribution in [3.8, 4) is 0 Å². The molecule has 1 aromatic carbocycles. The van der Waals surface area contributed by atoms with Gasteiger partial charge in [-0.1, -0.05) is 12.1 Å². The van der Waals surface area contributed by atoms with Crippen LogP contribution in [0.25, 0.3) is 0 Å². The quantitative estimate of drug-likeness (QED) is 0.672. The van der Waals surface area contributed by atoms with Crippen molar-refractivity contribution in [2.24, 2.45) is 5.73 Å². The molecule has 1 aliphatic heterocycles. The number of benzene rings is 1. The van der Waals surface area contributed by atoms with Gasteiger partial charge in [-0.15, -0.1) is 0 Å². The Balaban J connectivity index is 2.38. The molecule has 3 nitrogen and oxygen atoms in total. The first-order chi connectivity index (χ1) is 6.61. The van der Waals surface area contributed by atoms with Gasteiger partial charge >= 0.3 is 0 Å². The predicted octanol–water partition coefficient (Wildman–Crippen LogP) is 0.808. The van der Waals surface area contributed by atoms with Gasteiger partial charge in [0.15, 0.2) is 0 Å². The molecule has 0 aromatic heterocycles. The number of carbonyl (C=O) groups is 1. The van der Waals surface area contributed by atoms with Gasteiger partial charge in [0.1, 0.15) is 11.9 Å². The lowest BCUT2D eigenvalue weighted by Gasteiger charge is -2.37. The molecule has 4 heteroatoms. The van der Waals surface area contributed by atoms with Crippen LogP contribution in [0.4, 0.5) is 10.1 Å². The number of amides is 1. The van der Waals surface area contributed by atoms with Crippen molar-refractivity contribution in [3.05, 3.63) is 29.6 Å². The van der Waals surface area contributed by atoms with Crippen molar-refractivity contribution < 1.29 is 9.18 Å². The second kappa shape index (κ2) is 3.06. The molecular formula is C10H11FN2O. The summed E-state index contributed by atoms with van der Waals surface area (Å²) in [5, 5.41) is 0. The number of anilines is 1. The van der Waals surface area contributed by atoms with Gasteiger partial charge in [-0.05, 0) is 18.6 Å². The number of nitrogens with two attached hydrogens (primary N) is 1. The van der Waals surface area contributed by atoms with E-state index in [9.17, 15) is 9.18 Å². The molecule has 1 aromatic rings. The summed E-state index contributed by atoms with van der Waals surface area (Å²) in [7, 11) is 0. The maximum Gasteiger partial charge on any atom is 0.245 e. The third-order valence-electron chi connectivity index (χ3n) is 2.42. The Morgan fingerprint density at radius 3 is 2.79 bits per heavy atom. The highest BCUT2D eigenvalue weighted by Crippen LogP contribution is 2.27. The summed E-state index contributed by atoms with van der Waals surface area (Å²) in [6.07, 6.45) is 0. The average molecular weight is 194 g/mol. The third kappa shape index (κ3) is 1.19. The predicted molar refractivity (Wildman–Crippen MR) is 51.5 cm³/mol. The fraction of sp³-hybridized carbons (Fsp3) is 0.300. The summed E-state index contributed by atoms with van der Waals surface area (Å²) in [5.74, 6) is -0.580. The molecule has 0 radical (unpaired) electrons. The Hall–Kier alpha value is -1.42. The highest BCUT2D eigenvalue weighted by molar-refractivity contribution is 6.04. The van der Waals surface area contributed by atoms with Gasteiger partial charge in [-0.2, -0.15) is 0 Å². The van der Waals surface area contributed by atoms with Gasteiger partial charge in [0.05, 0.1) is 12.2 Å². The van der Waals surface area contributed by atoms with Gasteiger partial charge in [-0.25, -0.2) is 4.39 Å². The molecule has 1 saturated heterocycles. The second-order valence-electron chi connectivity index (χ2n) is 3.46. The summed E-state index contributed by atoms with van der Waals surface area (Å²) in [5.41, 5.74) is 6.55. The Morgan fingerprint density at radius 1 is 1.57 bits per heavy atom. The minimum Gasteiger partial charge on any atom is -0.318 e. The second-order valence-corrected chi connectivity index (χ2v) is 3.46. The zero-order valence-corrected chi connectivity index (χ0v) is 7.83. The molecule has 1 aliphatic rings. The van der Waals surface area contributed by atoms with Crippen LogP contribution in [-0.2, 0) is 4.79 Å². The van der Waals surface area contributed by atoms with Crippen LogP contribution in [-0.4, -0.2) is 18.5 Å². The summed E-state index contributed by atoms with van der Waals surface area (Å²) in [6, 6.07) is 4.28. The molecule has 1 unspecified atom stereocenters. The van der Waals surface area contributed by atoms with Crippen molar-refractivity contribution in [1.82, 2.24) is 0 Å².